The highest BCUT2D eigenvalue weighted by Crippen LogP contribution is 2.21. The number of piperidine rings is 1. The van der Waals surface area contributed by atoms with Crippen LogP contribution in [-0.2, 0) is 4.74 Å². The van der Waals surface area contributed by atoms with Gasteiger partial charge in [-0.05, 0) is 51.8 Å². The van der Waals surface area contributed by atoms with E-state index >= 15 is 0 Å². The first-order valence-electron chi connectivity index (χ1n) is 7.90. The molecule has 0 bridgehead atoms. The molecule has 1 heterocycles. The topological polar surface area (TPSA) is 92.9 Å². The van der Waals surface area contributed by atoms with Crippen LogP contribution in [0.5, 0.6) is 5.75 Å². The molecule has 0 spiro atoms. The van der Waals surface area contributed by atoms with Gasteiger partial charge in [-0.3, -0.25) is 4.79 Å². The molecular weight excluding hydrogens is 395 g/mol. The van der Waals surface area contributed by atoms with Crippen LogP contribution < -0.4 is 5.73 Å². The molecule has 1 atom stereocenters. The number of amides is 2. The maximum Gasteiger partial charge on any atom is 0.410 e. The first kappa shape index (κ1) is 21.2. The van der Waals surface area contributed by atoms with E-state index in [4.69, 9.17) is 15.6 Å². The van der Waals surface area contributed by atoms with Crippen LogP contribution in [0.15, 0.2) is 22.7 Å². The molecule has 1 aliphatic heterocycles. The fourth-order valence-electron chi connectivity index (χ4n) is 2.12. The highest BCUT2D eigenvalue weighted by molar-refractivity contribution is 9.10. The number of carbonyl (C=O) groups excluding carboxylic acids is 2. The predicted octanol–water partition coefficient (Wildman–Crippen LogP) is 3.61. The summed E-state index contributed by atoms with van der Waals surface area (Å²) in [5.74, 6) is -0.732. The third-order valence-corrected chi connectivity index (χ3v) is 3.73. The first-order valence-corrected chi connectivity index (χ1v) is 8.69. The summed E-state index contributed by atoms with van der Waals surface area (Å²) in [4.78, 5) is 23.6. The number of nitrogens with zero attached hydrogens (tertiary/aromatic N) is 1. The average Bonchev–Trinajstić information content (AvgIpc) is 2.48. The predicted molar refractivity (Wildman–Crippen MR) is 96.3 cm³/mol. The van der Waals surface area contributed by atoms with Crippen LogP contribution >= 0.6 is 15.9 Å². The Morgan fingerprint density at radius 2 is 2.04 bits per heavy atom. The summed E-state index contributed by atoms with van der Waals surface area (Å²) in [7, 11) is 0. The van der Waals surface area contributed by atoms with Gasteiger partial charge in [0.15, 0.2) is 0 Å². The van der Waals surface area contributed by atoms with Crippen molar-refractivity contribution in [3.05, 3.63) is 28.2 Å². The van der Waals surface area contributed by atoms with Crippen molar-refractivity contribution in [2.75, 3.05) is 13.1 Å². The van der Waals surface area contributed by atoms with Crippen molar-refractivity contribution in [2.45, 2.75) is 45.4 Å². The number of hydrogen-bond donors (Lipinski definition) is 2. The van der Waals surface area contributed by atoms with Crippen LogP contribution in [0.1, 0.15) is 44.0 Å². The number of phenols is 1. The Kier molecular flexibility index (Phi) is 7.66. The van der Waals surface area contributed by atoms with Gasteiger partial charge in [-0.2, -0.15) is 0 Å². The monoisotopic (exact) mass is 418 g/mol. The Labute approximate surface area is 155 Å². The summed E-state index contributed by atoms with van der Waals surface area (Å²) in [5.41, 5.74) is 4.59. The maximum atomic E-state index is 13.0. The minimum absolute atomic E-state index is 0.0966. The summed E-state index contributed by atoms with van der Waals surface area (Å²) in [5, 5.41) is 9.08. The summed E-state index contributed by atoms with van der Waals surface area (Å²) in [6, 6.07) is 4.50. The third kappa shape index (κ3) is 7.72. The summed E-state index contributed by atoms with van der Waals surface area (Å²) < 4.78 is 18.8. The number of aromatic hydroxyl groups is 1. The van der Waals surface area contributed by atoms with Crippen molar-refractivity contribution in [1.82, 2.24) is 4.90 Å². The van der Waals surface area contributed by atoms with Crippen molar-refractivity contribution in [1.29, 1.82) is 0 Å². The third-order valence-electron chi connectivity index (χ3n) is 3.24. The Balaban J connectivity index is 0.000000257. The molecule has 3 N–H and O–H groups in total. The van der Waals surface area contributed by atoms with E-state index in [-0.39, 0.29) is 17.9 Å². The number of carbonyl (C=O) groups is 2. The molecule has 1 saturated heterocycles. The molecule has 6 nitrogen and oxygen atoms in total. The van der Waals surface area contributed by atoms with Crippen LogP contribution in [0.2, 0.25) is 0 Å². The molecule has 0 saturated carbocycles. The second-order valence-electron chi connectivity index (χ2n) is 6.69. The van der Waals surface area contributed by atoms with E-state index < -0.39 is 23.8 Å². The molecule has 1 fully saturated rings. The van der Waals surface area contributed by atoms with Gasteiger partial charge in [0.1, 0.15) is 17.5 Å². The van der Waals surface area contributed by atoms with Crippen molar-refractivity contribution in [3.63, 3.8) is 0 Å². The van der Waals surface area contributed by atoms with Gasteiger partial charge in [-0.1, -0.05) is 15.9 Å². The lowest BCUT2D eigenvalue weighted by Crippen LogP contribution is -2.43. The van der Waals surface area contributed by atoms with E-state index in [0.717, 1.165) is 6.42 Å². The number of hydrogen-bond acceptors (Lipinski definition) is 4. The molecule has 1 aliphatic rings. The minimum Gasteiger partial charge on any atom is -0.507 e. The fraction of sp³-hybridized carbons (Fsp3) is 0.529. The number of halogens is 2. The molecule has 1 unspecified atom stereocenters. The number of primary amides is 1. The lowest BCUT2D eigenvalue weighted by Gasteiger charge is -2.31. The number of likely N-dealkylation sites (tertiary alicyclic amines) is 1. The van der Waals surface area contributed by atoms with E-state index in [2.05, 4.69) is 15.9 Å². The van der Waals surface area contributed by atoms with Crippen molar-refractivity contribution >= 4 is 27.9 Å². The van der Waals surface area contributed by atoms with E-state index in [0.29, 0.717) is 17.4 Å². The van der Waals surface area contributed by atoms with Crippen molar-refractivity contribution in [3.8, 4) is 5.75 Å². The number of rotatable bonds is 1. The van der Waals surface area contributed by atoms with Crippen LogP contribution in [0, 0.1) is 0 Å². The van der Waals surface area contributed by atoms with Gasteiger partial charge in [0.2, 0.25) is 0 Å². The number of nitrogens with two attached hydrogens (primary N) is 1. The highest BCUT2D eigenvalue weighted by Gasteiger charge is 2.27. The van der Waals surface area contributed by atoms with Gasteiger partial charge < -0.3 is 20.5 Å². The quantitative estimate of drug-likeness (QED) is 0.728. The summed E-state index contributed by atoms with van der Waals surface area (Å²) >= 11 is 3.15. The Morgan fingerprint density at radius 3 is 2.52 bits per heavy atom. The van der Waals surface area contributed by atoms with Crippen LogP contribution in [0.25, 0.3) is 0 Å². The SMILES string of the molecule is CC(C)(C)OC(=O)N1CCCC(F)C1.NC(=O)c1cc(Br)ccc1O. The van der Waals surface area contributed by atoms with E-state index in [9.17, 15) is 14.0 Å². The largest absolute Gasteiger partial charge is 0.507 e. The standard InChI is InChI=1S/C10H18FNO2.C7H6BrNO2/c1-10(2,3)14-9(13)12-6-4-5-8(11)7-12;8-4-1-2-6(10)5(3-4)7(9)11/h8H,4-7H2,1-3H3;1-3,10H,(H2,9,11). The Hall–Kier alpha value is -1.83. The smallest absolute Gasteiger partial charge is 0.410 e. The lowest BCUT2D eigenvalue weighted by molar-refractivity contribution is 0.0139. The van der Waals surface area contributed by atoms with Gasteiger partial charge >= 0.3 is 6.09 Å². The zero-order valence-electron chi connectivity index (χ0n) is 14.6. The average molecular weight is 419 g/mol. The molecule has 0 radical (unpaired) electrons. The van der Waals surface area contributed by atoms with Gasteiger partial charge in [-0.15, -0.1) is 0 Å². The fourth-order valence-corrected chi connectivity index (χ4v) is 2.48. The molecule has 8 heteroatoms. The van der Waals surface area contributed by atoms with Gasteiger partial charge in [0, 0.05) is 11.0 Å². The van der Waals surface area contributed by atoms with Gasteiger partial charge in [0.25, 0.3) is 5.91 Å². The van der Waals surface area contributed by atoms with Gasteiger partial charge in [0.05, 0.1) is 12.1 Å². The molecular formula is C17H24BrFN2O4. The zero-order valence-corrected chi connectivity index (χ0v) is 16.2. The number of benzene rings is 1. The summed E-state index contributed by atoms with van der Waals surface area (Å²) in [6.45, 7) is 6.20. The van der Waals surface area contributed by atoms with Crippen LogP contribution in [0.3, 0.4) is 0 Å². The van der Waals surface area contributed by atoms with Crippen LogP contribution in [-0.4, -0.2) is 46.9 Å². The molecule has 2 amide bonds. The Bertz CT molecular complexity index is 619. The molecule has 140 valence electrons. The second kappa shape index (κ2) is 9.03. The molecule has 0 aliphatic carbocycles. The second-order valence-corrected chi connectivity index (χ2v) is 7.61. The Morgan fingerprint density at radius 1 is 1.40 bits per heavy atom. The highest BCUT2D eigenvalue weighted by atomic mass is 79.9. The van der Waals surface area contributed by atoms with Crippen LogP contribution in [0.4, 0.5) is 9.18 Å². The lowest BCUT2D eigenvalue weighted by atomic mass is 10.1. The minimum atomic E-state index is -0.892. The molecule has 1 aromatic rings. The van der Waals surface area contributed by atoms with Gasteiger partial charge in [-0.25, -0.2) is 9.18 Å². The first-order chi connectivity index (χ1) is 11.5. The van der Waals surface area contributed by atoms with E-state index in [1.165, 1.54) is 17.0 Å². The maximum absolute atomic E-state index is 13.0. The summed E-state index contributed by atoms with van der Waals surface area (Å²) in [6.07, 6.45) is -0.0178. The number of ether oxygens (including phenoxy) is 1. The molecule has 0 aromatic heterocycles. The van der Waals surface area contributed by atoms with Crippen molar-refractivity contribution in [2.24, 2.45) is 5.73 Å². The molecule has 25 heavy (non-hydrogen) atoms. The number of alkyl halides is 1. The zero-order chi connectivity index (χ0) is 19.2. The molecule has 1 aromatic carbocycles. The van der Waals surface area contributed by atoms with E-state index in [1.54, 1.807) is 6.07 Å². The van der Waals surface area contributed by atoms with E-state index in [1.807, 2.05) is 20.8 Å². The van der Waals surface area contributed by atoms with Crippen molar-refractivity contribution < 1.29 is 23.8 Å². The normalized spacial score (nSPS) is 17.3. The molecule has 2 rings (SSSR count).